The minimum Gasteiger partial charge on any atom is -0.478 e. The highest BCUT2D eigenvalue weighted by Gasteiger charge is 2.47. The third-order valence-corrected chi connectivity index (χ3v) is 5.60. The number of unbranched alkanes of at least 4 members (excludes halogenated alkanes) is 2. The van der Waals surface area contributed by atoms with Crippen molar-refractivity contribution in [2.75, 3.05) is 6.61 Å². The minimum absolute atomic E-state index is 0.280. The smallest absolute Gasteiger partial charge is 0.335 e. The largest absolute Gasteiger partial charge is 0.478 e. The number of hydrogen-bond donors (Lipinski definition) is 1. The van der Waals surface area contributed by atoms with E-state index in [1.165, 1.54) is 18.4 Å². The first-order chi connectivity index (χ1) is 12.7. The van der Waals surface area contributed by atoms with Crippen LogP contribution in [0.5, 0.6) is 0 Å². The summed E-state index contributed by atoms with van der Waals surface area (Å²) in [7, 11) is 0. The Morgan fingerprint density at radius 2 is 2.04 bits per heavy atom. The molecule has 5 heteroatoms. The van der Waals surface area contributed by atoms with Crippen molar-refractivity contribution < 1.29 is 19.5 Å². The van der Waals surface area contributed by atoms with Gasteiger partial charge in [-0.2, -0.15) is 0 Å². The number of carboxylic acids is 1. The average molecular weight is 359 g/mol. The highest BCUT2D eigenvalue weighted by molar-refractivity contribution is 5.87. The van der Waals surface area contributed by atoms with E-state index in [9.17, 15) is 4.79 Å². The van der Waals surface area contributed by atoms with Crippen LogP contribution < -0.4 is 0 Å². The number of aryl methyl sites for hydroxylation is 1. The van der Waals surface area contributed by atoms with Gasteiger partial charge in [0.25, 0.3) is 0 Å². The molecule has 2 bridgehead atoms. The first kappa shape index (κ1) is 18.9. The number of fused-ring (bicyclic) bond motifs is 2. The minimum atomic E-state index is -0.881. The SMILES string of the molecule is CCCCCON=CC1C2CCC(O2)C1CCc1ccc(C(=O)O)cc1. The van der Waals surface area contributed by atoms with Crippen LogP contribution in [0.4, 0.5) is 0 Å². The average Bonchev–Trinajstić information content (AvgIpc) is 3.25. The molecule has 0 radical (unpaired) electrons. The normalized spacial score (nSPS) is 27.3. The molecule has 3 rings (SSSR count). The van der Waals surface area contributed by atoms with Gasteiger partial charge < -0.3 is 14.7 Å². The lowest BCUT2D eigenvalue weighted by Gasteiger charge is -2.24. The third-order valence-electron chi connectivity index (χ3n) is 5.60. The summed E-state index contributed by atoms with van der Waals surface area (Å²) in [5.74, 6) is -0.0811. The molecule has 4 atom stereocenters. The number of hydrogen-bond acceptors (Lipinski definition) is 4. The van der Waals surface area contributed by atoms with Crippen molar-refractivity contribution in [3.8, 4) is 0 Å². The number of rotatable bonds is 10. The molecule has 1 aromatic rings. The molecule has 4 unspecified atom stereocenters. The molecule has 142 valence electrons. The van der Waals surface area contributed by atoms with Crippen LogP contribution in [0.2, 0.25) is 0 Å². The number of nitrogens with zero attached hydrogens (tertiary/aromatic N) is 1. The first-order valence-corrected chi connectivity index (χ1v) is 9.82. The molecule has 5 nitrogen and oxygen atoms in total. The molecule has 26 heavy (non-hydrogen) atoms. The van der Waals surface area contributed by atoms with Gasteiger partial charge >= 0.3 is 5.97 Å². The number of carbonyl (C=O) groups is 1. The Morgan fingerprint density at radius 3 is 2.77 bits per heavy atom. The van der Waals surface area contributed by atoms with Gasteiger partial charge in [0.2, 0.25) is 0 Å². The van der Waals surface area contributed by atoms with Crippen LogP contribution in [0.3, 0.4) is 0 Å². The fourth-order valence-corrected chi connectivity index (χ4v) is 4.13. The summed E-state index contributed by atoms with van der Waals surface area (Å²) in [6.07, 6.45) is 10.2. The Kier molecular flexibility index (Phi) is 6.67. The Morgan fingerprint density at radius 1 is 1.27 bits per heavy atom. The van der Waals surface area contributed by atoms with E-state index in [1.54, 1.807) is 12.1 Å². The number of carboxylic acid groups (broad SMARTS) is 1. The van der Waals surface area contributed by atoms with E-state index < -0.39 is 5.97 Å². The summed E-state index contributed by atoms with van der Waals surface area (Å²) < 4.78 is 6.11. The van der Waals surface area contributed by atoms with Crippen LogP contribution in [0.1, 0.15) is 61.4 Å². The number of oxime groups is 1. The van der Waals surface area contributed by atoms with Gasteiger partial charge in [-0.05, 0) is 55.7 Å². The Hall–Kier alpha value is -1.88. The Balaban J connectivity index is 1.51. The summed E-state index contributed by atoms with van der Waals surface area (Å²) in [5.41, 5.74) is 1.51. The second kappa shape index (κ2) is 9.17. The van der Waals surface area contributed by atoms with E-state index in [4.69, 9.17) is 14.7 Å². The van der Waals surface area contributed by atoms with Crippen LogP contribution in [0.15, 0.2) is 29.4 Å². The fourth-order valence-electron chi connectivity index (χ4n) is 4.13. The summed E-state index contributed by atoms with van der Waals surface area (Å²) in [5, 5.41) is 13.2. The summed E-state index contributed by atoms with van der Waals surface area (Å²) in [6.45, 7) is 2.86. The monoisotopic (exact) mass is 359 g/mol. The zero-order valence-corrected chi connectivity index (χ0v) is 15.5. The molecule has 2 heterocycles. The van der Waals surface area contributed by atoms with Gasteiger partial charge in [-0.15, -0.1) is 0 Å². The Labute approximate surface area is 155 Å². The topological polar surface area (TPSA) is 68.1 Å². The molecule has 2 saturated heterocycles. The van der Waals surface area contributed by atoms with E-state index in [0.717, 1.165) is 32.1 Å². The van der Waals surface area contributed by atoms with Crippen molar-refractivity contribution in [1.82, 2.24) is 0 Å². The molecular formula is C21H29NO4. The highest BCUT2D eigenvalue weighted by Crippen LogP contribution is 2.44. The highest BCUT2D eigenvalue weighted by atomic mass is 16.6. The van der Waals surface area contributed by atoms with Crippen molar-refractivity contribution in [2.45, 2.75) is 64.1 Å². The molecule has 2 fully saturated rings. The molecule has 0 aromatic heterocycles. The van der Waals surface area contributed by atoms with Crippen LogP contribution in [-0.4, -0.2) is 36.1 Å². The standard InChI is InChI=1S/C21H29NO4/c1-2-3-4-13-25-22-14-18-17(19-11-12-20(18)26-19)10-7-15-5-8-16(9-6-15)21(23)24/h5-6,8-9,14,17-20H,2-4,7,10-13H2,1H3,(H,23,24). The summed E-state index contributed by atoms with van der Waals surface area (Å²) in [6, 6.07) is 7.19. The summed E-state index contributed by atoms with van der Waals surface area (Å²) in [4.78, 5) is 16.4. The van der Waals surface area contributed by atoms with Gasteiger partial charge in [0.1, 0.15) is 6.61 Å². The fraction of sp³-hybridized carbons (Fsp3) is 0.619. The van der Waals surface area contributed by atoms with Crippen LogP contribution >= 0.6 is 0 Å². The van der Waals surface area contributed by atoms with Crippen LogP contribution in [0, 0.1) is 11.8 Å². The predicted molar refractivity (Wildman–Crippen MR) is 101 cm³/mol. The first-order valence-electron chi connectivity index (χ1n) is 9.82. The molecule has 1 aromatic carbocycles. The van der Waals surface area contributed by atoms with E-state index in [2.05, 4.69) is 12.1 Å². The second-order valence-electron chi connectivity index (χ2n) is 7.37. The van der Waals surface area contributed by atoms with Gasteiger partial charge in [-0.3, -0.25) is 0 Å². The molecule has 0 spiro atoms. The van der Waals surface area contributed by atoms with Crippen molar-refractivity contribution in [3.63, 3.8) is 0 Å². The maximum Gasteiger partial charge on any atom is 0.335 e. The molecule has 1 N–H and O–H groups in total. The second-order valence-corrected chi connectivity index (χ2v) is 7.37. The quantitative estimate of drug-likeness (QED) is 0.384. The zero-order valence-electron chi connectivity index (χ0n) is 15.5. The lowest BCUT2D eigenvalue weighted by molar-refractivity contribution is 0.0697. The number of aromatic carboxylic acids is 1. The molecule has 0 aliphatic carbocycles. The van der Waals surface area contributed by atoms with Gasteiger partial charge in [0.05, 0.1) is 17.8 Å². The van der Waals surface area contributed by atoms with Crippen molar-refractivity contribution in [2.24, 2.45) is 17.0 Å². The molecule has 2 aliphatic heterocycles. The van der Waals surface area contributed by atoms with Gasteiger partial charge in [-0.25, -0.2) is 4.79 Å². The van der Waals surface area contributed by atoms with Crippen molar-refractivity contribution in [1.29, 1.82) is 0 Å². The molecule has 0 saturated carbocycles. The van der Waals surface area contributed by atoms with E-state index >= 15 is 0 Å². The van der Waals surface area contributed by atoms with Crippen LogP contribution in [0.25, 0.3) is 0 Å². The number of ether oxygens (including phenoxy) is 1. The lowest BCUT2D eigenvalue weighted by atomic mass is 9.77. The zero-order chi connectivity index (χ0) is 18.4. The van der Waals surface area contributed by atoms with Gasteiger partial charge in [0.15, 0.2) is 0 Å². The molecular weight excluding hydrogens is 330 g/mol. The third kappa shape index (κ3) is 4.64. The van der Waals surface area contributed by atoms with E-state index in [-0.39, 0.29) is 6.10 Å². The maximum atomic E-state index is 10.9. The summed E-state index contributed by atoms with van der Waals surface area (Å²) >= 11 is 0. The van der Waals surface area contributed by atoms with Crippen LogP contribution in [-0.2, 0) is 16.0 Å². The van der Waals surface area contributed by atoms with E-state index in [1.807, 2.05) is 18.3 Å². The number of benzene rings is 1. The van der Waals surface area contributed by atoms with E-state index in [0.29, 0.717) is 30.1 Å². The van der Waals surface area contributed by atoms with Gasteiger partial charge in [0, 0.05) is 12.1 Å². The lowest BCUT2D eigenvalue weighted by Crippen LogP contribution is -2.28. The van der Waals surface area contributed by atoms with Crippen molar-refractivity contribution >= 4 is 12.2 Å². The molecule has 2 aliphatic rings. The van der Waals surface area contributed by atoms with Gasteiger partial charge in [-0.1, -0.05) is 37.1 Å². The predicted octanol–water partition coefficient (Wildman–Crippen LogP) is 4.30. The maximum absolute atomic E-state index is 10.9. The van der Waals surface area contributed by atoms with Crippen molar-refractivity contribution in [3.05, 3.63) is 35.4 Å². The molecule has 0 amide bonds. The Bertz CT molecular complexity index is 613.